The van der Waals surface area contributed by atoms with Gasteiger partial charge in [0.1, 0.15) is 24.3 Å². The highest BCUT2D eigenvalue weighted by Gasteiger charge is 2.32. The number of allylic oxidation sites excluding steroid dienone is 2. The van der Waals surface area contributed by atoms with Crippen molar-refractivity contribution in [3.05, 3.63) is 78.2 Å². The van der Waals surface area contributed by atoms with Crippen LogP contribution >= 0.6 is 0 Å². The molecule has 0 saturated heterocycles. The van der Waals surface area contributed by atoms with Crippen LogP contribution < -0.4 is 10.6 Å². The molecule has 0 bridgehead atoms. The average Bonchev–Trinajstić information content (AvgIpc) is 3.19. The first-order chi connectivity index (χ1) is 16.2. The lowest BCUT2D eigenvalue weighted by Gasteiger charge is -2.17. The summed E-state index contributed by atoms with van der Waals surface area (Å²) in [6.45, 7) is 1.54. The Hall–Kier alpha value is -3.99. The van der Waals surface area contributed by atoms with Gasteiger partial charge in [0, 0.05) is 43.0 Å². The second-order valence-electron chi connectivity index (χ2n) is 7.52. The third kappa shape index (κ3) is 5.31. The van der Waals surface area contributed by atoms with Crippen LogP contribution in [0.25, 0.3) is 16.7 Å². The predicted molar refractivity (Wildman–Crippen MR) is 119 cm³/mol. The lowest BCUT2D eigenvalue weighted by Crippen LogP contribution is -2.26. The number of halogens is 3. The van der Waals surface area contributed by atoms with E-state index in [1.165, 1.54) is 16.9 Å². The van der Waals surface area contributed by atoms with Crippen molar-refractivity contribution in [1.29, 1.82) is 0 Å². The number of aromatic nitrogens is 4. The van der Waals surface area contributed by atoms with E-state index in [-0.39, 0.29) is 18.7 Å². The Balaban J connectivity index is 1.41. The second kappa shape index (κ2) is 9.48. The minimum atomic E-state index is -4.55. The number of pyridine rings is 2. The number of carbonyl (C=O) groups is 1. The molecule has 0 fully saturated rings. The molecule has 11 heteroatoms. The molecule has 1 atom stereocenters. The fourth-order valence-electron chi connectivity index (χ4n) is 3.40. The van der Waals surface area contributed by atoms with Crippen LogP contribution in [0.5, 0.6) is 0 Å². The number of hydrogen-bond acceptors (Lipinski definition) is 6. The van der Waals surface area contributed by atoms with Gasteiger partial charge >= 0.3 is 6.18 Å². The van der Waals surface area contributed by atoms with Crippen molar-refractivity contribution in [2.75, 3.05) is 12.4 Å². The first-order valence-corrected chi connectivity index (χ1v) is 10.2. The van der Waals surface area contributed by atoms with Crippen LogP contribution in [0.4, 0.5) is 19.0 Å². The highest BCUT2D eigenvalue weighted by molar-refractivity contribution is 5.89. The Labute approximate surface area is 193 Å². The molecule has 0 saturated carbocycles. The zero-order valence-corrected chi connectivity index (χ0v) is 18.3. The van der Waals surface area contributed by atoms with Gasteiger partial charge in [0.25, 0.3) is 0 Å². The summed E-state index contributed by atoms with van der Waals surface area (Å²) in [4.78, 5) is 20.1. The molecule has 0 aliphatic carbocycles. The van der Waals surface area contributed by atoms with Crippen molar-refractivity contribution in [1.82, 2.24) is 25.1 Å². The van der Waals surface area contributed by atoms with Crippen LogP contribution in [0, 0.1) is 6.92 Å². The van der Waals surface area contributed by atoms with Crippen LogP contribution in [-0.2, 0) is 22.3 Å². The Morgan fingerprint density at radius 2 is 2.06 bits per heavy atom. The van der Waals surface area contributed by atoms with Crippen molar-refractivity contribution in [3.8, 4) is 11.1 Å². The number of aryl methyl sites for hydroxylation is 1. The van der Waals surface area contributed by atoms with Crippen molar-refractivity contribution in [2.24, 2.45) is 0 Å². The smallest absolute Gasteiger partial charge is 0.362 e. The van der Waals surface area contributed by atoms with Crippen LogP contribution in [0.2, 0.25) is 0 Å². The Bertz CT molecular complexity index is 1250. The minimum absolute atomic E-state index is 0.127. The molecule has 34 heavy (non-hydrogen) atoms. The van der Waals surface area contributed by atoms with Gasteiger partial charge in [-0.1, -0.05) is 6.08 Å². The van der Waals surface area contributed by atoms with Crippen molar-refractivity contribution < 1.29 is 22.7 Å². The molecule has 0 radical (unpaired) electrons. The largest absolute Gasteiger partial charge is 0.433 e. The first kappa shape index (κ1) is 23.2. The van der Waals surface area contributed by atoms with E-state index >= 15 is 0 Å². The van der Waals surface area contributed by atoms with Crippen LogP contribution in [0.15, 0.2) is 61.2 Å². The summed E-state index contributed by atoms with van der Waals surface area (Å²) in [5.41, 5.74) is 2.09. The molecule has 0 aromatic carbocycles. The van der Waals surface area contributed by atoms with E-state index in [4.69, 9.17) is 4.74 Å². The number of carbonyl (C=O) groups excluding carboxylic acids is 1. The molecule has 1 aliphatic rings. The van der Waals surface area contributed by atoms with Gasteiger partial charge in [-0.3, -0.25) is 14.5 Å². The number of hydrogen-bond donors (Lipinski definition) is 2. The number of anilines is 1. The Morgan fingerprint density at radius 3 is 2.71 bits per heavy atom. The van der Waals surface area contributed by atoms with Gasteiger partial charge in [-0.05, 0) is 48.4 Å². The van der Waals surface area contributed by atoms with Crippen LogP contribution in [0.1, 0.15) is 17.0 Å². The summed E-state index contributed by atoms with van der Waals surface area (Å²) >= 11 is 0. The summed E-state index contributed by atoms with van der Waals surface area (Å²) in [5, 5.41) is 10.0. The van der Waals surface area contributed by atoms with E-state index in [0.717, 1.165) is 23.4 Å². The van der Waals surface area contributed by atoms with Crippen molar-refractivity contribution in [3.63, 3.8) is 0 Å². The number of rotatable bonds is 6. The second-order valence-corrected chi connectivity index (χ2v) is 7.52. The third-order valence-corrected chi connectivity index (χ3v) is 5.09. The molecule has 176 valence electrons. The number of nitrogens with zero attached hydrogens (tertiary/aromatic N) is 4. The summed E-state index contributed by atoms with van der Waals surface area (Å²) in [5.74, 6) is -0.00805. The van der Waals surface area contributed by atoms with Crippen molar-refractivity contribution in [2.45, 2.75) is 25.9 Å². The van der Waals surface area contributed by atoms with E-state index in [2.05, 4.69) is 25.7 Å². The molecular weight excluding hydrogens is 449 g/mol. The fraction of sp³-hybridized carbons (Fsp3) is 0.217. The summed E-state index contributed by atoms with van der Waals surface area (Å²) < 4.78 is 45.5. The van der Waals surface area contributed by atoms with E-state index in [9.17, 15) is 18.0 Å². The van der Waals surface area contributed by atoms with Gasteiger partial charge < -0.3 is 15.4 Å². The molecule has 2 N–H and O–H groups in total. The SMILES string of the molecule is COC1C=CC(c2ccc(NC(=O)Cn3cc(-c4ccnc(C(F)(F)F)c4)c(C)n3)nc2)=CN1. The number of nitrogens with one attached hydrogen (secondary N) is 2. The van der Waals surface area contributed by atoms with Crippen LogP contribution in [0.3, 0.4) is 0 Å². The standard InChI is InChI=1S/C23H21F3N6O2/c1-14-18(15-7-8-27-19(9-15)23(24,25)26)12-32(31-14)13-21(33)30-20-5-3-16(10-28-20)17-4-6-22(34-2)29-11-17/h3-12,22,29H,13H2,1-2H3,(H,28,30,33). The van der Waals surface area contributed by atoms with Gasteiger partial charge in [0.2, 0.25) is 5.91 Å². The molecule has 0 spiro atoms. The molecular formula is C23H21F3N6O2. The topological polar surface area (TPSA) is 94.0 Å². The lowest BCUT2D eigenvalue weighted by atomic mass is 10.1. The molecule has 1 unspecified atom stereocenters. The summed E-state index contributed by atoms with van der Waals surface area (Å²) in [7, 11) is 1.61. The maximum Gasteiger partial charge on any atom is 0.433 e. The highest BCUT2D eigenvalue weighted by Crippen LogP contribution is 2.31. The van der Waals surface area contributed by atoms with Gasteiger partial charge in [0.15, 0.2) is 0 Å². The normalized spacial score (nSPS) is 15.6. The van der Waals surface area contributed by atoms with Crippen LogP contribution in [-0.4, -0.2) is 39.0 Å². The summed E-state index contributed by atoms with van der Waals surface area (Å²) in [6, 6.07) is 5.93. The first-order valence-electron chi connectivity index (χ1n) is 10.2. The van der Waals surface area contributed by atoms with E-state index < -0.39 is 11.9 Å². The van der Waals surface area contributed by atoms with E-state index in [1.54, 1.807) is 26.3 Å². The van der Waals surface area contributed by atoms with Crippen molar-refractivity contribution >= 4 is 17.3 Å². The average molecular weight is 470 g/mol. The molecule has 8 nitrogen and oxygen atoms in total. The highest BCUT2D eigenvalue weighted by atomic mass is 19.4. The zero-order valence-electron chi connectivity index (χ0n) is 18.3. The number of amides is 1. The maximum atomic E-state index is 13.0. The number of ether oxygens (including phenoxy) is 1. The van der Waals surface area contributed by atoms with E-state index in [0.29, 0.717) is 22.6 Å². The third-order valence-electron chi connectivity index (χ3n) is 5.09. The molecule has 3 aromatic rings. The quantitative estimate of drug-likeness (QED) is 0.570. The molecule has 4 heterocycles. The molecule has 1 aliphatic heterocycles. The van der Waals surface area contributed by atoms with Gasteiger partial charge in [-0.2, -0.15) is 18.3 Å². The molecule has 1 amide bonds. The van der Waals surface area contributed by atoms with Gasteiger partial charge in [-0.15, -0.1) is 0 Å². The summed E-state index contributed by atoms with van der Waals surface area (Å²) in [6.07, 6.45) is 5.16. The fourth-order valence-corrected chi connectivity index (χ4v) is 3.40. The van der Waals surface area contributed by atoms with Gasteiger partial charge in [0.05, 0.1) is 5.69 Å². The number of methoxy groups -OCH3 is 1. The number of dihydropyridines is 1. The zero-order chi connectivity index (χ0) is 24.3. The monoisotopic (exact) mass is 470 g/mol. The maximum absolute atomic E-state index is 13.0. The lowest BCUT2D eigenvalue weighted by molar-refractivity contribution is -0.141. The Kier molecular flexibility index (Phi) is 6.46. The predicted octanol–water partition coefficient (Wildman–Crippen LogP) is 3.78. The van der Waals surface area contributed by atoms with E-state index in [1.807, 2.05) is 24.4 Å². The minimum Gasteiger partial charge on any atom is -0.362 e. The molecule has 4 rings (SSSR count). The Morgan fingerprint density at radius 1 is 1.24 bits per heavy atom. The number of alkyl halides is 3. The van der Waals surface area contributed by atoms with Gasteiger partial charge in [-0.25, -0.2) is 4.98 Å². The molecule has 3 aromatic heterocycles.